The van der Waals surface area contributed by atoms with Gasteiger partial charge in [-0.1, -0.05) is 0 Å². The molecule has 0 saturated carbocycles. The summed E-state index contributed by atoms with van der Waals surface area (Å²) in [4.78, 5) is 17.7. The molecule has 1 heterocycles. The van der Waals surface area contributed by atoms with Gasteiger partial charge >= 0.3 is 0 Å². The van der Waals surface area contributed by atoms with Crippen LogP contribution in [0.2, 0.25) is 0 Å². The quantitative estimate of drug-likeness (QED) is 0.314. The van der Waals surface area contributed by atoms with Crippen molar-refractivity contribution < 1.29 is 13.2 Å². The van der Waals surface area contributed by atoms with Crippen LogP contribution in [0.25, 0.3) is 0 Å². The Kier molecular flexibility index (Phi) is 6.90. The second-order valence-electron chi connectivity index (χ2n) is 5.28. The molecular weight excluding hydrogens is 294 g/mol. The number of rotatable bonds is 7. The van der Waals surface area contributed by atoms with Crippen LogP contribution in [0.3, 0.4) is 0 Å². The lowest BCUT2D eigenvalue weighted by Crippen LogP contribution is -2.42. The lowest BCUT2D eigenvalue weighted by molar-refractivity contribution is -0.131. The minimum atomic E-state index is -3.38. The van der Waals surface area contributed by atoms with E-state index < -0.39 is 16.1 Å². The van der Waals surface area contributed by atoms with Gasteiger partial charge in [0.15, 0.2) is 0 Å². The van der Waals surface area contributed by atoms with Gasteiger partial charge in [-0.3, -0.25) is 14.5 Å². The third-order valence-corrected chi connectivity index (χ3v) is 3.81. The third-order valence-electron chi connectivity index (χ3n) is 3.23. The number of carbonyl (C=O) groups excluding carboxylic acids is 1. The first-order valence-corrected chi connectivity index (χ1v) is 9.01. The third kappa shape index (κ3) is 7.28. The van der Waals surface area contributed by atoms with Crippen molar-refractivity contribution in [3.63, 3.8) is 0 Å². The Bertz CT molecular complexity index is 471. The number of sulfonamides is 1. The molecule has 5 N–H and O–H groups in total. The van der Waals surface area contributed by atoms with Crippen LogP contribution in [0.1, 0.15) is 32.1 Å². The fourth-order valence-electron chi connectivity index (χ4n) is 2.19. The highest BCUT2D eigenvalue weighted by atomic mass is 32.2. The second kappa shape index (κ2) is 8.18. The predicted molar refractivity (Wildman–Crippen MR) is 82.1 cm³/mol. The molecule has 1 rings (SSSR count). The minimum absolute atomic E-state index is 0.0225. The Hall–Kier alpha value is -1.35. The van der Waals surface area contributed by atoms with Gasteiger partial charge in [0.05, 0.1) is 12.3 Å². The van der Waals surface area contributed by atoms with Crippen molar-refractivity contribution >= 4 is 21.9 Å². The monoisotopic (exact) mass is 319 g/mol. The summed E-state index contributed by atoms with van der Waals surface area (Å²) in [5, 5.41) is 0. The largest absolute Gasteiger partial charge is 0.369 e. The lowest BCUT2D eigenvalue weighted by Gasteiger charge is -2.19. The van der Waals surface area contributed by atoms with Crippen molar-refractivity contribution in [2.75, 3.05) is 25.9 Å². The first kappa shape index (κ1) is 17.7. The second-order valence-corrected chi connectivity index (χ2v) is 7.02. The van der Waals surface area contributed by atoms with Crippen LogP contribution in [0.5, 0.6) is 0 Å². The Morgan fingerprint density at radius 2 is 1.95 bits per heavy atom. The van der Waals surface area contributed by atoms with Crippen molar-refractivity contribution in [2.24, 2.45) is 16.5 Å². The Morgan fingerprint density at radius 3 is 2.52 bits per heavy atom. The molecule has 0 radical (unpaired) electrons. The normalized spacial score (nSPS) is 17.8. The minimum Gasteiger partial charge on any atom is -0.369 e. The first-order chi connectivity index (χ1) is 9.79. The molecule has 9 heteroatoms. The van der Waals surface area contributed by atoms with Crippen molar-refractivity contribution in [3.8, 4) is 0 Å². The standard InChI is InChI=1S/C12H25N5O3S/c1-21(19,20)16-12(14)15-7-3-2-6-10(13)11(18)17-8-4-5-9-17/h10H,2-9,13H2,1H3,(H3,14,15,16)/t10-/m0/s1. The van der Waals surface area contributed by atoms with Crippen LogP contribution in [-0.2, 0) is 14.8 Å². The number of nitrogens with two attached hydrogens (primary N) is 2. The maximum absolute atomic E-state index is 12.0. The molecule has 0 aromatic carbocycles. The van der Waals surface area contributed by atoms with E-state index in [2.05, 4.69) is 9.71 Å². The number of hydrogen-bond acceptors (Lipinski definition) is 5. The van der Waals surface area contributed by atoms with E-state index >= 15 is 0 Å². The van der Waals surface area contributed by atoms with Crippen LogP contribution in [0, 0.1) is 0 Å². The highest BCUT2D eigenvalue weighted by molar-refractivity contribution is 7.89. The van der Waals surface area contributed by atoms with E-state index in [1.54, 1.807) is 0 Å². The van der Waals surface area contributed by atoms with Crippen molar-refractivity contribution in [3.05, 3.63) is 0 Å². The zero-order valence-electron chi connectivity index (χ0n) is 12.4. The Morgan fingerprint density at radius 1 is 1.33 bits per heavy atom. The van der Waals surface area contributed by atoms with E-state index in [-0.39, 0.29) is 11.9 Å². The molecule has 0 aliphatic carbocycles. The van der Waals surface area contributed by atoms with E-state index in [1.807, 2.05) is 4.90 Å². The van der Waals surface area contributed by atoms with Gasteiger partial charge < -0.3 is 16.4 Å². The maximum Gasteiger partial charge on any atom is 0.239 e. The summed E-state index contributed by atoms with van der Waals surface area (Å²) >= 11 is 0. The SMILES string of the molecule is CS(=O)(=O)NC(N)=NCCCC[C@H](N)C(=O)N1CCCC1. The molecule has 0 aromatic rings. The van der Waals surface area contributed by atoms with Crippen LogP contribution in [0.15, 0.2) is 4.99 Å². The molecule has 122 valence electrons. The van der Waals surface area contributed by atoms with Crippen LogP contribution in [0.4, 0.5) is 0 Å². The molecule has 0 unspecified atom stereocenters. The molecular formula is C12H25N5O3S. The number of likely N-dealkylation sites (tertiary alicyclic amines) is 1. The average Bonchev–Trinajstić information content (AvgIpc) is 2.88. The smallest absolute Gasteiger partial charge is 0.239 e. The molecule has 0 bridgehead atoms. The molecule has 1 atom stereocenters. The summed E-state index contributed by atoms with van der Waals surface area (Å²) in [5.74, 6) is -0.0933. The number of guanidine groups is 1. The van der Waals surface area contributed by atoms with Gasteiger partial charge in [0.2, 0.25) is 21.9 Å². The van der Waals surface area contributed by atoms with Gasteiger partial charge in [-0.05, 0) is 32.1 Å². The molecule has 0 spiro atoms. The van der Waals surface area contributed by atoms with E-state index in [9.17, 15) is 13.2 Å². The Balaban J connectivity index is 2.18. The van der Waals surface area contributed by atoms with Crippen LogP contribution >= 0.6 is 0 Å². The topological polar surface area (TPSA) is 131 Å². The van der Waals surface area contributed by atoms with Crippen LogP contribution < -0.4 is 16.2 Å². The fourth-order valence-corrected chi connectivity index (χ4v) is 2.64. The van der Waals surface area contributed by atoms with Gasteiger partial charge in [0.1, 0.15) is 0 Å². The molecule has 0 aromatic heterocycles. The number of aliphatic imine (C=N–C) groups is 1. The number of hydrogen-bond donors (Lipinski definition) is 3. The van der Waals surface area contributed by atoms with E-state index in [1.165, 1.54) is 0 Å². The van der Waals surface area contributed by atoms with Gasteiger partial charge in [-0.2, -0.15) is 0 Å². The van der Waals surface area contributed by atoms with Gasteiger partial charge in [0.25, 0.3) is 0 Å². The molecule has 1 amide bonds. The molecule has 1 saturated heterocycles. The highest BCUT2D eigenvalue weighted by Crippen LogP contribution is 2.10. The van der Waals surface area contributed by atoms with Gasteiger partial charge in [0, 0.05) is 19.6 Å². The molecule has 1 fully saturated rings. The van der Waals surface area contributed by atoms with Crippen molar-refractivity contribution in [1.82, 2.24) is 9.62 Å². The summed E-state index contributed by atoms with van der Waals surface area (Å²) in [6, 6.07) is -0.460. The summed E-state index contributed by atoms with van der Waals surface area (Å²) in [5.41, 5.74) is 11.3. The zero-order chi connectivity index (χ0) is 15.9. The number of amides is 1. The van der Waals surface area contributed by atoms with E-state index in [0.717, 1.165) is 38.6 Å². The van der Waals surface area contributed by atoms with Gasteiger partial charge in [-0.15, -0.1) is 0 Å². The van der Waals surface area contributed by atoms with E-state index in [4.69, 9.17) is 11.5 Å². The molecule has 21 heavy (non-hydrogen) atoms. The average molecular weight is 319 g/mol. The molecule has 8 nitrogen and oxygen atoms in total. The van der Waals surface area contributed by atoms with Crippen molar-refractivity contribution in [1.29, 1.82) is 0 Å². The Labute approximate surface area is 126 Å². The predicted octanol–water partition coefficient (Wildman–Crippen LogP) is -1.03. The fraction of sp³-hybridized carbons (Fsp3) is 0.833. The first-order valence-electron chi connectivity index (χ1n) is 7.11. The molecule has 1 aliphatic heterocycles. The summed E-state index contributed by atoms with van der Waals surface area (Å²) < 4.78 is 23.9. The highest BCUT2D eigenvalue weighted by Gasteiger charge is 2.22. The summed E-state index contributed by atoms with van der Waals surface area (Å²) in [7, 11) is -3.38. The number of unbranched alkanes of at least 4 members (excludes halogenated alkanes) is 1. The number of nitrogens with one attached hydrogen (secondary N) is 1. The number of carbonyl (C=O) groups is 1. The summed E-state index contributed by atoms with van der Waals surface area (Å²) in [6.45, 7) is 2.02. The lowest BCUT2D eigenvalue weighted by atomic mass is 10.1. The summed E-state index contributed by atoms with van der Waals surface area (Å²) in [6.07, 6.45) is 5.17. The van der Waals surface area contributed by atoms with Gasteiger partial charge in [-0.25, -0.2) is 8.42 Å². The van der Waals surface area contributed by atoms with E-state index in [0.29, 0.717) is 19.4 Å². The number of nitrogens with zero attached hydrogens (tertiary/aromatic N) is 2. The van der Waals surface area contributed by atoms with Crippen LogP contribution in [-0.4, -0.2) is 57.1 Å². The zero-order valence-corrected chi connectivity index (χ0v) is 13.2. The maximum atomic E-state index is 12.0. The van der Waals surface area contributed by atoms with Crippen molar-refractivity contribution in [2.45, 2.75) is 38.1 Å². The molecule has 1 aliphatic rings.